The van der Waals surface area contributed by atoms with Gasteiger partial charge < -0.3 is 15.4 Å². The van der Waals surface area contributed by atoms with E-state index in [1.807, 2.05) is 6.07 Å². The molecule has 0 spiro atoms. The van der Waals surface area contributed by atoms with Gasteiger partial charge in [-0.3, -0.25) is 4.79 Å². The van der Waals surface area contributed by atoms with Crippen molar-refractivity contribution in [3.05, 3.63) is 59.4 Å². The van der Waals surface area contributed by atoms with Gasteiger partial charge in [-0.15, -0.1) is 0 Å². The number of para-hydroxylation sites is 1. The number of halogens is 1. The smallest absolute Gasteiger partial charge is 0.255 e. The highest BCUT2D eigenvalue weighted by Crippen LogP contribution is 2.31. The molecule has 21 heavy (non-hydrogen) atoms. The van der Waals surface area contributed by atoms with E-state index in [2.05, 4.69) is 10.6 Å². The van der Waals surface area contributed by atoms with E-state index in [1.54, 1.807) is 24.3 Å². The second-order valence-electron chi connectivity index (χ2n) is 4.77. The fraction of sp³-hybridized carbons (Fsp3) is 0.188. The third kappa shape index (κ3) is 2.97. The monoisotopic (exact) mass is 286 g/mol. The molecule has 0 aliphatic carbocycles. The number of carbonyl (C=O) groups is 1. The summed E-state index contributed by atoms with van der Waals surface area (Å²) >= 11 is 0. The zero-order chi connectivity index (χ0) is 14.7. The van der Waals surface area contributed by atoms with Gasteiger partial charge in [0.15, 0.2) is 5.75 Å². The van der Waals surface area contributed by atoms with Crippen LogP contribution in [-0.2, 0) is 6.54 Å². The number of amides is 1. The Morgan fingerprint density at radius 2 is 2.14 bits per heavy atom. The van der Waals surface area contributed by atoms with Gasteiger partial charge in [0.1, 0.15) is 12.4 Å². The molecule has 0 bridgehead atoms. The van der Waals surface area contributed by atoms with Crippen LogP contribution >= 0.6 is 0 Å². The maximum atomic E-state index is 13.1. The van der Waals surface area contributed by atoms with E-state index in [-0.39, 0.29) is 18.3 Å². The summed E-state index contributed by atoms with van der Waals surface area (Å²) in [6, 6.07) is 11.6. The second kappa shape index (κ2) is 5.83. The van der Waals surface area contributed by atoms with Crippen LogP contribution in [0.5, 0.6) is 5.75 Å². The summed E-state index contributed by atoms with van der Waals surface area (Å²) < 4.78 is 18.7. The molecule has 0 radical (unpaired) electrons. The quantitative estimate of drug-likeness (QED) is 0.911. The van der Waals surface area contributed by atoms with Gasteiger partial charge in [0.05, 0.1) is 11.3 Å². The average molecular weight is 286 g/mol. The van der Waals surface area contributed by atoms with Crippen molar-refractivity contribution in [2.45, 2.75) is 6.54 Å². The van der Waals surface area contributed by atoms with E-state index in [0.717, 1.165) is 12.2 Å². The fourth-order valence-electron chi connectivity index (χ4n) is 2.27. The molecule has 2 N–H and O–H groups in total. The zero-order valence-electron chi connectivity index (χ0n) is 11.4. The van der Waals surface area contributed by atoms with Crippen LogP contribution in [0.3, 0.4) is 0 Å². The van der Waals surface area contributed by atoms with Crippen LogP contribution in [0.15, 0.2) is 42.5 Å². The summed E-state index contributed by atoms with van der Waals surface area (Å²) in [6.07, 6.45) is 0. The Labute approximate surface area is 121 Å². The van der Waals surface area contributed by atoms with Crippen molar-refractivity contribution in [1.29, 1.82) is 0 Å². The molecule has 1 aliphatic heterocycles. The molecule has 0 aromatic heterocycles. The molecule has 0 atom stereocenters. The molecular formula is C16H15FN2O2. The Hall–Kier alpha value is -2.56. The van der Waals surface area contributed by atoms with Crippen LogP contribution in [0.4, 0.5) is 10.1 Å². The Kier molecular flexibility index (Phi) is 3.73. The van der Waals surface area contributed by atoms with Crippen LogP contribution in [0.2, 0.25) is 0 Å². The maximum absolute atomic E-state index is 13.1. The summed E-state index contributed by atoms with van der Waals surface area (Å²) in [6.45, 7) is 1.52. The number of benzene rings is 2. The minimum atomic E-state index is -0.314. The first-order chi connectivity index (χ1) is 10.2. The highest BCUT2D eigenvalue weighted by Gasteiger charge is 2.18. The van der Waals surface area contributed by atoms with Crippen molar-refractivity contribution in [2.24, 2.45) is 0 Å². The lowest BCUT2D eigenvalue weighted by atomic mass is 10.1. The van der Waals surface area contributed by atoms with E-state index in [0.29, 0.717) is 23.5 Å². The second-order valence-corrected chi connectivity index (χ2v) is 4.77. The van der Waals surface area contributed by atoms with Gasteiger partial charge >= 0.3 is 0 Å². The van der Waals surface area contributed by atoms with Gasteiger partial charge in [0.25, 0.3) is 5.91 Å². The Morgan fingerprint density at radius 1 is 1.29 bits per heavy atom. The number of hydrogen-bond acceptors (Lipinski definition) is 3. The van der Waals surface area contributed by atoms with Gasteiger partial charge in [-0.2, -0.15) is 0 Å². The molecule has 1 amide bonds. The van der Waals surface area contributed by atoms with Gasteiger partial charge in [-0.05, 0) is 29.8 Å². The predicted octanol–water partition coefficient (Wildman–Crippen LogP) is 2.56. The van der Waals surface area contributed by atoms with E-state index in [1.165, 1.54) is 12.1 Å². The first-order valence-electron chi connectivity index (χ1n) is 6.76. The first-order valence-corrected chi connectivity index (χ1v) is 6.76. The Morgan fingerprint density at radius 3 is 3.00 bits per heavy atom. The number of anilines is 1. The summed E-state index contributed by atoms with van der Waals surface area (Å²) in [7, 11) is 0. The van der Waals surface area contributed by atoms with Crippen molar-refractivity contribution in [3.8, 4) is 5.75 Å². The lowest BCUT2D eigenvalue weighted by Gasteiger charge is -2.21. The van der Waals surface area contributed by atoms with Crippen LogP contribution in [0.25, 0.3) is 0 Å². The molecule has 0 unspecified atom stereocenters. The predicted molar refractivity (Wildman–Crippen MR) is 78.0 cm³/mol. The number of nitrogens with one attached hydrogen (secondary N) is 2. The standard InChI is InChI=1S/C16H15FN2O2/c17-12-4-1-3-11(9-12)10-19-16(20)13-5-2-6-14-15(13)21-8-7-18-14/h1-6,9,18H,7-8,10H2,(H,19,20). The van der Waals surface area contributed by atoms with Crippen LogP contribution in [0, 0.1) is 5.82 Å². The van der Waals surface area contributed by atoms with E-state index < -0.39 is 0 Å². The molecule has 2 aromatic rings. The Bertz CT molecular complexity index is 673. The molecular weight excluding hydrogens is 271 g/mol. The van der Waals surface area contributed by atoms with Gasteiger partial charge in [0.2, 0.25) is 0 Å². The summed E-state index contributed by atoms with van der Waals surface area (Å²) in [5.41, 5.74) is 2.02. The lowest BCUT2D eigenvalue weighted by Crippen LogP contribution is -2.26. The topological polar surface area (TPSA) is 50.4 Å². The van der Waals surface area contributed by atoms with E-state index in [9.17, 15) is 9.18 Å². The maximum Gasteiger partial charge on any atom is 0.255 e. The highest BCUT2D eigenvalue weighted by molar-refractivity contribution is 5.98. The molecule has 108 valence electrons. The molecule has 0 saturated carbocycles. The van der Waals surface area contributed by atoms with E-state index in [4.69, 9.17) is 4.74 Å². The zero-order valence-corrected chi connectivity index (χ0v) is 11.4. The third-order valence-corrected chi connectivity index (χ3v) is 3.27. The molecule has 4 nitrogen and oxygen atoms in total. The first kappa shape index (κ1) is 13.4. The van der Waals surface area contributed by atoms with Crippen molar-refractivity contribution in [2.75, 3.05) is 18.5 Å². The number of fused-ring (bicyclic) bond motifs is 1. The third-order valence-electron chi connectivity index (χ3n) is 3.27. The number of hydrogen-bond donors (Lipinski definition) is 2. The molecule has 0 fully saturated rings. The minimum Gasteiger partial charge on any atom is -0.489 e. The van der Waals surface area contributed by atoms with Gasteiger partial charge in [0, 0.05) is 13.1 Å². The largest absolute Gasteiger partial charge is 0.489 e. The molecule has 1 aliphatic rings. The highest BCUT2D eigenvalue weighted by atomic mass is 19.1. The molecule has 5 heteroatoms. The normalized spacial score (nSPS) is 12.8. The molecule has 1 heterocycles. The lowest BCUT2D eigenvalue weighted by molar-refractivity contribution is 0.0946. The average Bonchev–Trinajstić information content (AvgIpc) is 2.52. The summed E-state index contributed by atoms with van der Waals surface area (Å²) in [4.78, 5) is 12.3. The minimum absolute atomic E-state index is 0.236. The van der Waals surface area contributed by atoms with Crippen LogP contribution < -0.4 is 15.4 Å². The van der Waals surface area contributed by atoms with Crippen molar-refractivity contribution >= 4 is 11.6 Å². The molecule has 0 saturated heterocycles. The van der Waals surface area contributed by atoms with E-state index >= 15 is 0 Å². The van der Waals surface area contributed by atoms with Crippen molar-refractivity contribution in [3.63, 3.8) is 0 Å². The van der Waals surface area contributed by atoms with Gasteiger partial charge in [-0.1, -0.05) is 18.2 Å². The van der Waals surface area contributed by atoms with Gasteiger partial charge in [-0.25, -0.2) is 4.39 Å². The number of rotatable bonds is 3. The van der Waals surface area contributed by atoms with Crippen molar-refractivity contribution in [1.82, 2.24) is 5.32 Å². The molecule has 2 aromatic carbocycles. The van der Waals surface area contributed by atoms with Crippen LogP contribution in [0.1, 0.15) is 15.9 Å². The van der Waals surface area contributed by atoms with Crippen LogP contribution in [-0.4, -0.2) is 19.1 Å². The molecule has 3 rings (SSSR count). The summed E-state index contributed by atoms with van der Waals surface area (Å²) in [5.74, 6) is 0.0201. The fourth-order valence-corrected chi connectivity index (χ4v) is 2.27. The summed E-state index contributed by atoms with van der Waals surface area (Å²) in [5, 5.41) is 5.96. The van der Waals surface area contributed by atoms with Crippen molar-refractivity contribution < 1.29 is 13.9 Å². The SMILES string of the molecule is O=C(NCc1cccc(F)c1)c1cccc2c1OCCN2. The number of ether oxygens (including phenoxy) is 1. The Balaban J connectivity index is 1.74. The number of carbonyl (C=O) groups excluding carboxylic acids is 1.